The third-order valence-corrected chi connectivity index (χ3v) is 3.24. The molecule has 2 unspecified atom stereocenters. The summed E-state index contributed by atoms with van der Waals surface area (Å²) in [6.45, 7) is 4.63. The third kappa shape index (κ3) is 3.01. The van der Waals surface area contributed by atoms with E-state index in [0.29, 0.717) is 18.3 Å². The van der Waals surface area contributed by atoms with Crippen molar-refractivity contribution in [2.45, 2.75) is 38.9 Å². The van der Waals surface area contributed by atoms with E-state index in [2.05, 4.69) is 6.92 Å². The number of nitrogen functional groups attached to an aromatic ring is 1. The van der Waals surface area contributed by atoms with Gasteiger partial charge in [0.15, 0.2) is 0 Å². The maximum absolute atomic E-state index is 7.43. The SMILES string of the molecule is Cc1ccc(C(=N)N)cc1OCC1CCC(C)O1. The topological polar surface area (TPSA) is 68.3 Å². The lowest BCUT2D eigenvalue weighted by atomic mass is 10.1. The molecule has 0 aliphatic carbocycles. The van der Waals surface area contributed by atoms with Crippen molar-refractivity contribution in [1.29, 1.82) is 5.41 Å². The number of benzene rings is 1. The van der Waals surface area contributed by atoms with E-state index in [0.717, 1.165) is 24.2 Å². The van der Waals surface area contributed by atoms with Gasteiger partial charge < -0.3 is 15.2 Å². The van der Waals surface area contributed by atoms with E-state index in [1.807, 2.05) is 25.1 Å². The van der Waals surface area contributed by atoms with Crippen molar-refractivity contribution in [3.63, 3.8) is 0 Å². The van der Waals surface area contributed by atoms with Crippen LogP contribution in [0.3, 0.4) is 0 Å². The van der Waals surface area contributed by atoms with Crippen LogP contribution in [-0.2, 0) is 4.74 Å². The number of nitrogens with one attached hydrogen (secondary N) is 1. The number of ether oxygens (including phenoxy) is 2. The van der Waals surface area contributed by atoms with Crippen molar-refractivity contribution >= 4 is 5.84 Å². The van der Waals surface area contributed by atoms with E-state index in [1.165, 1.54) is 0 Å². The molecule has 0 saturated carbocycles. The smallest absolute Gasteiger partial charge is 0.123 e. The van der Waals surface area contributed by atoms with E-state index in [-0.39, 0.29) is 11.9 Å². The molecule has 1 aromatic rings. The highest BCUT2D eigenvalue weighted by Gasteiger charge is 2.22. The quantitative estimate of drug-likeness (QED) is 0.634. The highest BCUT2D eigenvalue weighted by atomic mass is 16.5. The van der Waals surface area contributed by atoms with Crippen LogP contribution in [0.1, 0.15) is 30.9 Å². The number of aryl methyl sites for hydroxylation is 1. The lowest BCUT2D eigenvalue weighted by Gasteiger charge is -2.15. The second-order valence-corrected chi connectivity index (χ2v) is 4.85. The van der Waals surface area contributed by atoms with Crippen molar-refractivity contribution in [2.24, 2.45) is 5.73 Å². The van der Waals surface area contributed by atoms with Gasteiger partial charge in [0, 0.05) is 5.56 Å². The lowest BCUT2D eigenvalue weighted by Crippen LogP contribution is -2.18. The Labute approximate surface area is 108 Å². The van der Waals surface area contributed by atoms with Gasteiger partial charge in [-0.25, -0.2) is 0 Å². The number of rotatable bonds is 4. The predicted octanol–water partition coefficient (Wildman–Crippen LogP) is 2.23. The minimum absolute atomic E-state index is 0.0607. The molecule has 1 aliphatic rings. The second kappa shape index (κ2) is 5.40. The maximum atomic E-state index is 7.43. The Hall–Kier alpha value is -1.55. The van der Waals surface area contributed by atoms with Gasteiger partial charge in [-0.15, -0.1) is 0 Å². The van der Waals surface area contributed by atoms with Gasteiger partial charge in [0.1, 0.15) is 18.2 Å². The lowest BCUT2D eigenvalue weighted by molar-refractivity contribution is 0.0263. The normalized spacial score (nSPS) is 23.0. The van der Waals surface area contributed by atoms with Crippen LogP contribution in [0, 0.1) is 12.3 Å². The molecule has 0 aromatic heterocycles. The Balaban J connectivity index is 2.00. The van der Waals surface area contributed by atoms with E-state index < -0.39 is 0 Å². The van der Waals surface area contributed by atoms with Gasteiger partial charge in [0.2, 0.25) is 0 Å². The van der Waals surface area contributed by atoms with Gasteiger partial charge in [0.25, 0.3) is 0 Å². The first-order valence-corrected chi connectivity index (χ1v) is 6.29. The average Bonchev–Trinajstić information content (AvgIpc) is 2.74. The molecule has 0 amide bonds. The first kappa shape index (κ1) is 12.9. The first-order chi connectivity index (χ1) is 8.56. The molecule has 4 heteroatoms. The molecule has 4 nitrogen and oxygen atoms in total. The molecule has 18 heavy (non-hydrogen) atoms. The predicted molar refractivity (Wildman–Crippen MR) is 71.3 cm³/mol. The standard InChI is InChI=1S/C14H20N2O2/c1-9-3-5-11(14(15)16)7-13(9)17-8-12-6-4-10(2)18-12/h3,5,7,10,12H,4,6,8H2,1-2H3,(H3,15,16). The zero-order valence-electron chi connectivity index (χ0n) is 10.9. The molecular weight excluding hydrogens is 228 g/mol. The van der Waals surface area contributed by atoms with E-state index in [1.54, 1.807) is 0 Å². The monoisotopic (exact) mass is 248 g/mol. The fraction of sp³-hybridized carbons (Fsp3) is 0.500. The molecule has 1 heterocycles. The molecule has 1 aliphatic heterocycles. The Bertz CT molecular complexity index is 445. The molecule has 2 rings (SSSR count). The Kier molecular flexibility index (Phi) is 3.87. The van der Waals surface area contributed by atoms with Crippen LogP contribution in [0.15, 0.2) is 18.2 Å². The summed E-state index contributed by atoms with van der Waals surface area (Å²) in [6, 6.07) is 5.57. The molecule has 0 radical (unpaired) electrons. The number of hydrogen-bond acceptors (Lipinski definition) is 3. The summed E-state index contributed by atoms with van der Waals surface area (Å²) in [5.41, 5.74) is 7.21. The summed E-state index contributed by atoms with van der Waals surface area (Å²) < 4.78 is 11.5. The highest BCUT2D eigenvalue weighted by Crippen LogP contribution is 2.23. The number of nitrogens with two attached hydrogens (primary N) is 1. The summed E-state index contributed by atoms with van der Waals surface area (Å²) in [7, 11) is 0. The van der Waals surface area contributed by atoms with Crippen molar-refractivity contribution in [3.8, 4) is 5.75 Å². The van der Waals surface area contributed by atoms with Crippen molar-refractivity contribution in [2.75, 3.05) is 6.61 Å². The van der Waals surface area contributed by atoms with E-state index in [4.69, 9.17) is 20.6 Å². The van der Waals surface area contributed by atoms with Crippen LogP contribution >= 0.6 is 0 Å². The van der Waals surface area contributed by atoms with Gasteiger partial charge in [-0.3, -0.25) is 5.41 Å². The molecule has 0 bridgehead atoms. The van der Waals surface area contributed by atoms with Gasteiger partial charge in [-0.2, -0.15) is 0 Å². The Morgan fingerprint density at radius 2 is 2.28 bits per heavy atom. The van der Waals surface area contributed by atoms with Gasteiger partial charge in [-0.1, -0.05) is 12.1 Å². The van der Waals surface area contributed by atoms with E-state index in [9.17, 15) is 0 Å². The third-order valence-electron chi connectivity index (χ3n) is 3.24. The summed E-state index contributed by atoms with van der Waals surface area (Å²) in [4.78, 5) is 0. The highest BCUT2D eigenvalue weighted by molar-refractivity contribution is 5.95. The molecule has 2 atom stereocenters. The minimum Gasteiger partial charge on any atom is -0.491 e. The van der Waals surface area contributed by atoms with Crippen LogP contribution in [-0.4, -0.2) is 24.7 Å². The minimum atomic E-state index is 0.0607. The number of amidine groups is 1. The Morgan fingerprint density at radius 3 is 2.89 bits per heavy atom. The first-order valence-electron chi connectivity index (χ1n) is 6.29. The van der Waals surface area contributed by atoms with Crippen molar-refractivity contribution in [1.82, 2.24) is 0 Å². The van der Waals surface area contributed by atoms with Crippen LogP contribution in [0.2, 0.25) is 0 Å². The van der Waals surface area contributed by atoms with Crippen LogP contribution in [0.25, 0.3) is 0 Å². The molecule has 1 saturated heterocycles. The summed E-state index contributed by atoms with van der Waals surface area (Å²) >= 11 is 0. The second-order valence-electron chi connectivity index (χ2n) is 4.85. The number of hydrogen-bond donors (Lipinski definition) is 2. The van der Waals surface area contributed by atoms with Crippen LogP contribution in [0.4, 0.5) is 0 Å². The van der Waals surface area contributed by atoms with Gasteiger partial charge in [0.05, 0.1) is 12.2 Å². The fourth-order valence-corrected chi connectivity index (χ4v) is 2.11. The molecule has 0 spiro atoms. The largest absolute Gasteiger partial charge is 0.491 e. The summed E-state index contributed by atoms with van der Waals surface area (Å²) in [5.74, 6) is 0.844. The summed E-state index contributed by atoms with van der Waals surface area (Å²) in [6.07, 6.45) is 2.66. The molecule has 1 aromatic carbocycles. The molecular formula is C14H20N2O2. The zero-order valence-corrected chi connectivity index (χ0v) is 10.9. The van der Waals surface area contributed by atoms with Crippen LogP contribution < -0.4 is 10.5 Å². The van der Waals surface area contributed by atoms with Crippen LogP contribution in [0.5, 0.6) is 5.75 Å². The van der Waals surface area contributed by atoms with Crippen molar-refractivity contribution in [3.05, 3.63) is 29.3 Å². The van der Waals surface area contributed by atoms with Gasteiger partial charge in [-0.05, 0) is 38.3 Å². The Morgan fingerprint density at radius 1 is 1.50 bits per heavy atom. The van der Waals surface area contributed by atoms with Gasteiger partial charge >= 0.3 is 0 Å². The zero-order chi connectivity index (χ0) is 13.1. The maximum Gasteiger partial charge on any atom is 0.123 e. The average molecular weight is 248 g/mol. The molecule has 1 fully saturated rings. The van der Waals surface area contributed by atoms with E-state index >= 15 is 0 Å². The molecule has 98 valence electrons. The fourth-order valence-electron chi connectivity index (χ4n) is 2.11. The molecule has 3 N–H and O–H groups in total. The van der Waals surface area contributed by atoms with Crippen molar-refractivity contribution < 1.29 is 9.47 Å². The summed E-state index contributed by atoms with van der Waals surface area (Å²) in [5, 5.41) is 7.43.